The van der Waals surface area contributed by atoms with Crippen LogP contribution in [0.2, 0.25) is 10.0 Å². The summed E-state index contributed by atoms with van der Waals surface area (Å²) in [6.45, 7) is 0.288. The van der Waals surface area contributed by atoms with Crippen molar-refractivity contribution >= 4 is 40.9 Å². The van der Waals surface area contributed by atoms with Gasteiger partial charge >= 0.3 is 5.97 Å². The van der Waals surface area contributed by atoms with Gasteiger partial charge in [-0.1, -0.05) is 70.5 Å². The van der Waals surface area contributed by atoms with Crippen LogP contribution in [0.1, 0.15) is 34.8 Å². The Morgan fingerprint density at radius 3 is 2.70 bits per heavy atom. The number of carboxylic acid groups (broad SMARTS) is 1. The molecule has 11 heteroatoms. The van der Waals surface area contributed by atoms with Gasteiger partial charge in [0.25, 0.3) is 0 Å². The third-order valence-electron chi connectivity index (χ3n) is 5.54. The number of hydrogen-bond donors (Lipinski definition) is 1. The van der Waals surface area contributed by atoms with Crippen molar-refractivity contribution in [2.24, 2.45) is 0 Å². The van der Waals surface area contributed by atoms with E-state index in [4.69, 9.17) is 37.4 Å². The molecule has 2 fully saturated rings. The number of ether oxygens (including phenoxy) is 3. The van der Waals surface area contributed by atoms with Crippen LogP contribution in [-0.4, -0.2) is 50.3 Å². The molecule has 1 aromatic heterocycles. The Morgan fingerprint density at radius 1 is 1.12 bits per heavy atom. The van der Waals surface area contributed by atoms with Crippen LogP contribution in [0.5, 0.6) is 0 Å². The van der Waals surface area contributed by atoms with E-state index in [2.05, 4.69) is 10.3 Å². The summed E-state index contributed by atoms with van der Waals surface area (Å²) in [4.78, 5) is 12.7. The molecule has 2 aliphatic rings. The first-order valence-corrected chi connectivity index (χ1v) is 11.9. The number of halogens is 2. The molecule has 0 saturated carbocycles. The normalized spacial score (nSPS) is 27.2. The fraction of sp³-hybridized carbons (Fsp3) is 0.318. The van der Waals surface area contributed by atoms with E-state index >= 15 is 0 Å². The topological polar surface area (TPSA) is 95.7 Å². The predicted molar refractivity (Wildman–Crippen MR) is 122 cm³/mol. The Balaban J connectivity index is 1.43. The minimum absolute atomic E-state index is 0.00899. The molecule has 3 aromatic rings. The molecule has 0 aliphatic carbocycles. The number of nitrogens with zero attached hydrogens (tertiary/aromatic N) is 3. The van der Waals surface area contributed by atoms with Gasteiger partial charge in [0, 0.05) is 16.9 Å². The van der Waals surface area contributed by atoms with Gasteiger partial charge < -0.3 is 19.3 Å². The molecule has 2 aromatic carbocycles. The van der Waals surface area contributed by atoms with Crippen LogP contribution in [0.4, 0.5) is 0 Å². The molecular formula is C22H19Cl2N3O5S. The van der Waals surface area contributed by atoms with E-state index in [1.54, 1.807) is 12.1 Å². The van der Waals surface area contributed by atoms with Crippen molar-refractivity contribution in [2.45, 2.75) is 41.3 Å². The Hall–Kier alpha value is -2.14. The predicted octanol–water partition coefficient (Wildman–Crippen LogP) is 4.85. The van der Waals surface area contributed by atoms with Crippen LogP contribution in [0.15, 0.2) is 59.6 Å². The van der Waals surface area contributed by atoms with E-state index in [0.29, 0.717) is 16.5 Å². The largest absolute Gasteiger partial charge is 0.476 e. The lowest BCUT2D eigenvalue weighted by Crippen LogP contribution is -2.52. The minimum Gasteiger partial charge on any atom is -0.476 e. The average molecular weight is 508 g/mol. The van der Waals surface area contributed by atoms with Crippen LogP contribution < -0.4 is 0 Å². The van der Waals surface area contributed by atoms with Gasteiger partial charge in [-0.25, -0.2) is 9.48 Å². The van der Waals surface area contributed by atoms with Gasteiger partial charge in [-0.2, -0.15) is 0 Å². The summed E-state index contributed by atoms with van der Waals surface area (Å²) in [6, 6.07) is 14.5. The summed E-state index contributed by atoms with van der Waals surface area (Å²) >= 11 is 13.7. The van der Waals surface area contributed by atoms with Crippen LogP contribution in [-0.2, 0) is 14.2 Å². The number of benzene rings is 2. The number of hydrogen-bond acceptors (Lipinski definition) is 7. The lowest BCUT2D eigenvalue weighted by atomic mass is 9.98. The van der Waals surface area contributed by atoms with Crippen molar-refractivity contribution in [3.8, 4) is 0 Å². The summed E-state index contributed by atoms with van der Waals surface area (Å²) in [5, 5.41) is 18.5. The first-order chi connectivity index (χ1) is 16.0. The van der Waals surface area contributed by atoms with E-state index in [9.17, 15) is 9.90 Å². The average Bonchev–Trinajstić information content (AvgIpc) is 3.31. The number of carbonyl (C=O) groups is 1. The van der Waals surface area contributed by atoms with Crippen molar-refractivity contribution in [2.75, 3.05) is 6.61 Å². The number of rotatable bonds is 5. The summed E-state index contributed by atoms with van der Waals surface area (Å²) in [6.07, 6.45) is 0.193. The third-order valence-corrected chi connectivity index (χ3v) is 7.37. The number of thioether (sulfide) groups is 1. The van der Waals surface area contributed by atoms with E-state index < -0.39 is 30.5 Å². The van der Waals surface area contributed by atoms with Crippen LogP contribution in [0, 0.1) is 0 Å². The Labute approximate surface area is 203 Å². The first-order valence-electron chi connectivity index (χ1n) is 10.2. The summed E-state index contributed by atoms with van der Waals surface area (Å²) < 4.78 is 20.0. The van der Waals surface area contributed by atoms with Crippen molar-refractivity contribution in [1.29, 1.82) is 0 Å². The van der Waals surface area contributed by atoms with E-state index in [1.165, 1.54) is 22.6 Å². The highest BCUT2D eigenvalue weighted by Gasteiger charge is 2.46. The van der Waals surface area contributed by atoms with E-state index in [-0.39, 0.29) is 17.7 Å². The van der Waals surface area contributed by atoms with Gasteiger partial charge in [0.05, 0.1) is 28.9 Å². The molecule has 5 rings (SSSR count). The molecule has 0 radical (unpaired) electrons. The molecule has 0 bridgehead atoms. The SMILES string of the molecule is O=C(O)c1cnnn1[C@@H]1C[C@@H](Sc2ccc(Cl)c(Cl)c2)O[C@@H]2COC(c3ccccc3)O[C@H]12. The zero-order chi connectivity index (χ0) is 22.9. The summed E-state index contributed by atoms with van der Waals surface area (Å²) in [5.41, 5.74) is 0.546. The van der Waals surface area contributed by atoms with Crippen LogP contribution >= 0.6 is 35.0 Å². The number of aromatic carboxylic acids is 1. The van der Waals surface area contributed by atoms with Gasteiger partial charge in [-0.05, 0) is 18.2 Å². The second kappa shape index (κ2) is 9.61. The van der Waals surface area contributed by atoms with Gasteiger partial charge in [0.2, 0.25) is 0 Å². The highest BCUT2D eigenvalue weighted by molar-refractivity contribution is 7.99. The fourth-order valence-corrected chi connectivity index (χ4v) is 5.52. The second-order valence-electron chi connectivity index (χ2n) is 7.65. The first kappa shape index (κ1) is 22.6. The number of carboxylic acids is 1. The smallest absolute Gasteiger partial charge is 0.355 e. The maximum Gasteiger partial charge on any atom is 0.355 e. The molecule has 2 aliphatic heterocycles. The standard InChI is InChI=1S/C22H19Cl2N3O5S/c23-14-7-6-13(8-15(14)24)33-19-9-16(27-17(21(28)29)10-25-26-27)20-18(31-19)11-30-22(32-20)12-4-2-1-3-5-12/h1-8,10,16,18-20,22H,9,11H2,(H,28,29)/t16-,18-,19-,20-,22?/m1/s1. The minimum atomic E-state index is -1.11. The zero-order valence-electron chi connectivity index (χ0n) is 17.1. The molecule has 5 atom stereocenters. The number of aromatic nitrogens is 3. The maximum absolute atomic E-state index is 11.8. The molecular weight excluding hydrogens is 489 g/mol. The lowest BCUT2D eigenvalue weighted by molar-refractivity contribution is -0.292. The second-order valence-corrected chi connectivity index (χ2v) is 9.69. The quantitative estimate of drug-likeness (QED) is 0.523. The summed E-state index contributed by atoms with van der Waals surface area (Å²) in [7, 11) is 0. The van der Waals surface area contributed by atoms with E-state index in [0.717, 1.165) is 10.5 Å². The molecule has 0 spiro atoms. The number of fused-ring (bicyclic) bond motifs is 1. The van der Waals surface area contributed by atoms with Crippen molar-refractivity contribution in [3.63, 3.8) is 0 Å². The summed E-state index contributed by atoms with van der Waals surface area (Å²) in [5.74, 6) is -1.11. The molecule has 1 unspecified atom stereocenters. The Kier molecular flexibility index (Phi) is 6.60. The fourth-order valence-electron chi connectivity index (χ4n) is 4.03. The molecule has 3 heterocycles. The molecule has 2 saturated heterocycles. The van der Waals surface area contributed by atoms with Gasteiger partial charge in [0.15, 0.2) is 12.0 Å². The van der Waals surface area contributed by atoms with Gasteiger partial charge in [0.1, 0.15) is 17.6 Å². The van der Waals surface area contributed by atoms with Gasteiger partial charge in [-0.3, -0.25) is 0 Å². The maximum atomic E-state index is 11.8. The Bertz CT molecular complexity index is 1150. The molecule has 33 heavy (non-hydrogen) atoms. The van der Waals surface area contributed by atoms with Crippen molar-refractivity contribution in [1.82, 2.24) is 15.0 Å². The van der Waals surface area contributed by atoms with Crippen molar-refractivity contribution in [3.05, 3.63) is 76.0 Å². The molecule has 1 N–H and O–H groups in total. The molecule has 8 nitrogen and oxygen atoms in total. The van der Waals surface area contributed by atoms with Gasteiger partial charge in [-0.15, -0.1) is 5.10 Å². The monoisotopic (exact) mass is 507 g/mol. The molecule has 0 amide bonds. The van der Waals surface area contributed by atoms with Crippen LogP contribution in [0.3, 0.4) is 0 Å². The highest BCUT2D eigenvalue weighted by Crippen LogP contribution is 2.43. The van der Waals surface area contributed by atoms with E-state index in [1.807, 2.05) is 36.4 Å². The van der Waals surface area contributed by atoms with Crippen LogP contribution in [0.25, 0.3) is 0 Å². The highest BCUT2D eigenvalue weighted by atomic mass is 35.5. The lowest BCUT2D eigenvalue weighted by Gasteiger charge is -2.45. The van der Waals surface area contributed by atoms with Crippen molar-refractivity contribution < 1.29 is 24.1 Å². The Morgan fingerprint density at radius 2 is 1.94 bits per heavy atom. The zero-order valence-corrected chi connectivity index (χ0v) is 19.4. The molecule has 172 valence electrons. The third kappa shape index (κ3) is 4.75.